The molecule has 0 aromatic carbocycles. The van der Waals surface area contributed by atoms with E-state index in [9.17, 15) is 4.79 Å². The Morgan fingerprint density at radius 1 is 1.65 bits per heavy atom. The molecule has 1 aromatic heterocycles. The molecule has 17 heavy (non-hydrogen) atoms. The summed E-state index contributed by atoms with van der Waals surface area (Å²) in [4.78, 5) is 18.5. The average Bonchev–Trinajstić information content (AvgIpc) is 2.78. The number of nitrogens with zero attached hydrogens (tertiary/aromatic N) is 1. The molecule has 5 heteroatoms. The summed E-state index contributed by atoms with van der Waals surface area (Å²) < 4.78 is 5.50. The maximum absolute atomic E-state index is 11.4. The molecule has 1 saturated heterocycles. The van der Waals surface area contributed by atoms with Crippen LogP contribution in [0.3, 0.4) is 0 Å². The van der Waals surface area contributed by atoms with E-state index < -0.39 is 0 Å². The molecule has 94 valence electrons. The van der Waals surface area contributed by atoms with Gasteiger partial charge in [-0.05, 0) is 18.8 Å². The highest BCUT2D eigenvalue weighted by atomic mass is 16.5. The van der Waals surface area contributed by atoms with Crippen molar-refractivity contribution in [2.24, 2.45) is 0 Å². The molecule has 0 aliphatic carbocycles. The molecule has 1 atom stereocenters. The van der Waals surface area contributed by atoms with Crippen molar-refractivity contribution in [2.75, 3.05) is 18.5 Å². The zero-order valence-corrected chi connectivity index (χ0v) is 10.3. The molecule has 0 bridgehead atoms. The summed E-state index contributed by atoms with van der Waals surface area (Å²) in [6.07, 6.45) is 2.42. The minimum absolute atomic E-state index is 0.112. The maximum Gasteiger partial charge on any atom is 0.252 e. The van der Waals surface area contributed by atoms with Gasteiger partial charge < -0.3 is 10.1 Å². The molecule has 2 heterocycles. The number of aromatic nitrogens is 2. The van der Waals surface area contributed by atoms with Crippen LogP contribution in [0.25, 0.3) is 0 Å². The number of hydrogen-bond acceptors (Lipinski definition) is 4. The lowest BCUT2D eigenvalue weighted by Crippen LogP contribution is -2.22. The molecular formula is C12H19N3O2. The zero-order valence-electron chi connectivity index (χ0n) is 10.3. The summed E-state index contributed by atoms with van der Waals surface area (Å²) in [7, 11) is 0. The van der Waals surface area contributed by atoms with Crippen LogP contribution < -0.4 is 10.9 Å². The van der Waals surface area contributed by atoms with Crippen LogP contribution in [0.1, 0.15) is 38.3 Å². The predicted octanol–water partition coefficient (Wildman–Crippen LogP) is 1.48. The van der Waals surface area contributed by atoms with E-state index in [4.69, 9.17) is 4.74 Å². The van der Waals surface area contributed by atoms with Crippen LogP contribution in [0.5, 0.6) is 0 Å². The Bertz CT molecular complexity index is 422. The summed E-state index contributed by atoms with van der Waals surface area (Å²) >= 11 is 0. The van der Waals surface area contributed by atoms with Crippen LogP contribution in [0.4, 0.5) is 5.95 Å². The van der Waals surface area contributed by atoms with Crippen LogP contribution in [-0.4, -0.2) is 29.2 Å². The first-order valence-electron chi connectivity index (χ1n) is 6.12. The highest BCUT2D eigenvalue weighted by molar-refractivity contribution is 5.26. The lowest BCUT2D eigenvalue weighted by Gasteiger charge is -2.12. The Hall–Kier alpha value is -1.36. The van der Waals surface area contributed by atoms with Crippen LogP contribution in [-0.2, 0) is 4.74 Å². The van der Waals surface area contributed by atoms with Crippen molar-refractivity contribution in [3.8, 4) is 0 Å². The second kappa shape index (κ2) is 5.31. The van der Waals surface area contributed by atoms with Gasteiger partial charge in [0.15, 0.2) is 0 Å². The lowest BCUT2D eigenvalue weighted by atomic mass is 10.1. The van der Waals surface area contributed by atoms with Crippen LogP contribution in [0.2, 0.25) is 0 Å². The quantitative estimate of drug-likeness (QED) is 0.832. The van der Waals surface area contributed by atoms with Crippen molar-refractivity contribution in [2.45, 2.75) is 38.7 Å². The molecule has 1 aromatic rings. The molecule has 1 aliphatic heterocycles. The van der Waals surface area contributed by atoms with Gasteiger partial charge in [0.05, 0.1) is 11.8 Å². The van der Waals surface area contributed by atoms with Gasteiger partial charge in [-0.3, -0.25) is 9.78 Å². The first kappa shape index (κ1) is 12.1. The van der Waals surface area contributed by atoms with Gasteiger partial charge in [0.1, 0.15) is 0 Å². The topological polar surface area (TPSA) is 67.0 Å². The second-order valence-corrected chi connectivity index (χ2v) is 4.69. The second-order valence-electron chi connectivity index (χ2n) is 4.69. The third-order valence-electron chi connectivity index (χ3n) is 2.87. The van der Waals surface area contributed by atoms with E-state index in [-0.39, 0.29) is 17.6 Å². The number of H-pyrrole nitrogens is 1. The first-order chi connectivity index (χ1) is 8.15. The van der Waals surface area contributed by atoms with Gasteiger partial charge >= 0.3 is 0 Å². The fourth-order valence-electron chi connectivity index (χ4n) is 1.87. The van der Waals surface area contributed by atoms with E-state index in [0.29, 0.717) is 12.5 Å². The van der Waals surface area contributed by atoms with E-state index in [2.05, 4.69) is 15.3 Å². The molecule has 0 amide bonds. The number of ether oxygens (including phenoxy) is 1. The van der Waals surface area contributed by atoms with Gasteiger partial charge in [-0.1, -0.05) is 13.8 Å². The molecule has 2 rings (SSSR count). The molecule has 1 fully saturated rings. The average molecular weight is 237 g/mol. The van der Waals surface area contributed by atoms with Crippen LogP contribution >= 0.6 is 0 Å². The van der Waals surface area contributed by atoms with Crippen molar-refractivity contribution >= 4 is 5.95 Å². The summed E-state index contributed by atoms with van der Waals surface area (Å²) in [5, 5.41) is 3.13. The number of aromatic amines is 1. The molecule has 2 N–H and O–H groups in total. The maximum atomic E-state index is 11.4. The summed E-state index contributed by atoms with van der Waals surface area (Å²) in [5.41, 5.74) is 0.696. The minimum Gasteiger partial charge on any atom is -0.376 e. The van der Waals surface area contributed by atoms with Crippen LogP contribution in [0, 0.1) is 0 Å². The molecule has 1 aliphatic rings. The number of nitrogens with one attached hydrogen (secondary N) is 2. The Labute approximate surface area is 101 Å². The fourth-order valence-corrected chi connectivity index (χ4v) is 1.87. The Morgan fingerprint density at radius 2 is 2.47 bits per heavy atom. The van der Waals surface area contributed by atoms with Gasteiger partial charge in [0.2, 0.25) is 5.95 Å². The summed E-state index contributed by atoms with van der Waals surface area (Å²) in [6, 6.07) is 1.54. The fraction of sp³-hybridized carbons (Fsp3) is 0.667. The highest BCUT2D eigenvalue weighted by Crippen LogP contribution is 2.13. The normalized spacial score (nSPS) is 19.8. The van der Waals surface area contributed by atoms with Crippen molar-refractivity contribution in [3.05, 3.63) is 22.1 Å². The highest BCUT2D eigenvalue weighted by Gasteiger charge is 2.15. The molecule has 0 radical (unpaired) electrons. The van der Waals surface area contributed by atoms with E-state index in [1.807, 2.05) is 13.8 Å². The molecule has 0 saturated carbocycles. The summed E-state index contributed by atoms with van der Waals surface area (Å²) in [6.45, 7) is 5.57. The summed E-state index contributed by atoms with van der Waals surface area (Å²) in [5.74, 6) is 0.789. The van der Waals surface area contributed by atoms with E-state index in [1.165, 1.54) is 0 Å². The van der Waals surface area contributed by atoms with Crippen molar-refractivity contribution < 1.29 is 4.74 Å². The zero-order chi connectivity index (χ0) is 12.3. The van der Waals surface area contributed by atoms with Crippen molar-refractivity contribution in [1.82, 2.24) is 9.97 Å². The van der Waals surface area contributed by atoms with Gasteiger partial charge in [-0.25, -0.2) is 4.98 Å². The molecule has 0 unspecified atom stereocenters. The third kappa shape index (κ3) is 3.30. The monoisotopic (exact) mass is 237 g/mol. The smallest absolute Gasteiger partial charge is 0.252 e. The molecule has 0 spiro atoms. The van der Waals surface area contributed by atoms with Gasteiger partial charge in [-0.2, -0.15) is 0 Å². The number of rotatable bonds is 4. The minimum atomic E-state index is -0.112. The van der Waals surface area contributed by atoms with E-state index in [1.54, 1.807) is 6.07 Å². The van der Waals surface area contributed by atoms with Gasteiger partial charge in [0.25, 0.3) is 5.56 Å². The number of hydrogen-bond donors (Lipinski definition) is 2. The van der Waals surface area contributed by atoms with Crippen LogP contribution in [0.15, 0.2) is 10.9 Å². The molecular weight excluding hydrogens is 218 g/mol. The number of anilines is 1. The Kier molecular flexibility index (Phi) is 3.78. The van der Waals surface area contributed by atoms with Gasteiger partial charge in [0, 0.05) is 19.2 Å². The Balaban J connectivity index is 2.02. The predicted molar refractivity (Wildman–Crippen MR) is 66.4 cm³/mol. The Morgan fingerprint density at radius 3 is 3.12 bits per heavy atom. The van der Waals surface area contributed by atoms with Crippen molar-refractivity contribution in [3.63, 3.8) is 0 Å². The van der Waals surface area contributed by atoms with Gasteiger partial charge in [-0.15, -0.1) is 0 Å². The largest absolute Gasteiger partial charge is 0.376 e. The standard InChI is InChI=1S/C12H19N3O2/c1-8(2)10-6-11(16)15-12(14-10)13-7-9-4-3-5-17-9/h6,8-9H,3-5,7H2,1-2H3,(H2,13,14,15,16)/t9-/m1/s1. The third-order valence-corrected chi connectivity index (χ3v) is 2.87. The first-order valence-corrected chi connectivity index (χ1v) is 6.12. The van der Waals surface area contributed by atoms with E-state index in [0.717, 1.165) is 25.1 Å². The lowest BCUT2D eigenvalue weighted by molar-refractivity contribution is 0.120. The SMILES string of the molecule is CC(C)c1cc(=O)[nH]c(NC[C@H]2CCCO2)n1. The van der Waals surface area contributed by atoms with Crippen molar-refractivity contribution in [1.29, 1.82) is 0 Å². The molecule has 5 nitrogen and oxygen atoms in total. The van der Waals surface area contributed by atoms with E-state index >= 15 is 0 Å².